The number of aromatic nitrogens is 2. The Morgan fingerprint density at radius 1 is 1.24 bits per heavy atom. The summed E-state index contributed by atoms with van der Waals surface area (Å²) in [6.45, 7) is 5.14. The maximum Gasteiger partial charge on any atom is 0.252 e. The second-order valence-electron chi connectivity index (χ2n) is 8.04. The van der Waals surface area contributed by atoms with Crippen molar-refractivity contribution in [2.75, 3.05) is 38.1 Å². The van der Waals surface area contributed by atoms with Crippen LogP contribution >= 0.6 is 0 Å². The van der Waals surface area contributed by atoms with E-state index in [2.05, 4.69) is 27.2 Å². The Hall–Kier alpha value is -2.74. The molecule has 1 aromatic carbocycles. The van der Waals surface area contributed by atoms with E-state index in [9.17, 15) is 14.0 Å². The number of likely N-dealkylation sites (N-methyl/N-ethyl adjacent to an activating group) is 1. The van der Waals surface area contributed by atoms with Gasteiger partial charge in [0.25, 0.3) is 5.56 Å². The molecular weight excluding hydrogens is 373 g/mol. The molecule has 1 saturated carbocycles. The average Bonchev–Trinajstić information content (AvgIpc) is 3.50. The number of anilines is 1. The van der Waals surface area contributed by atoms with Crippen molar-refractivity contribution >= 4 is 11.9 Å². The second kappa shape index (κ2) is 7.59. The minimum absolute atomic E-state index is 0.224. The van der Waals surface area contributed by atoms with Crippen molar-refractivity contribution in [1.82, 2.24) is 20.2 Å². The fraction of sp³-hybridized carbons (Fsp3) is 0.476. The molecule has 29 heavy (non-hydrogen) atoms. The molecule has 154 valence electrons. The van der Waals surface area contributed by atoms with Crippen LogP contribution in [0.25, 0.3) is 0 Å². The fourth-order valence-corrected chi connectivity index (χ4v) is 3.85. The second-order valence-corrected chi connectivity index (χ2v) is 8.04. The Labute approximate surface area is 168 Å². The zero-order valence-electron chi connectivity index (χ0n) is 16.7. The van der Waals surface area contributed by atoms with Crippen LogP contribution in [0.2, 0.25) is 0 Å². The molecule has 1 atom stereocenters. The van der Waals surface area contributed by atoms with Crippen LogP contribution in [0.4, 0.5) is 10.3 Å². The van der Waals surface area contributed by atoms with Crippen LogP contribution < -0.4 is 15.8 Å². The summed E-state index contributed by atoms with van der Waals surface area (Å²) in [5, 5.41) is 2.94. The van der Waals surface area contributed by atoms with E-state index < -0.39 is 11.5 Å². The van der Waals surface area contributed by atoms with Crippen LogP contribution in [0.1, 0.15) is 37.1 Å². The Kier molecular flexibility index (Phi) is 5.12. The third kappa shape index (κ3) is 3.89. The minimum Gasteiger partial charge on any atom is -0.347 e. The molecule has 1 amide bonds. The van der Waals surface area contributed by atoms with Gasteiger partial charge in [-0.1, -0.05) is 18.2 Å². The van der Waals surface area contributed by atoms with Crippen LogP contribution in [-0.2, 0) is 10.2 Å². The van der Waals surface area contributed by atoms with Gasteiger partial charge in [-0.3, -0.25) is 14.6 Å². The lowest BCUT2D eigenvalue weighted by Crippen LogP contribution is -2.45. The Bertz CT molecular complexity index is 964. The van der Waals surface area contributed by atoms with E-state index in [1.165, 1.54) is 12.1 Å². The average molecular weight is 399 g/mol. The maximum atomic E-state index is 14.2. The Balaban J connectivity index is 1.51. The van der Waals surface area contributed by atoms with Gasteiger partial charge in [-0.15, -0.1) is 0 Å². The van der Waals surface area contributed by atoms with Crippen molar-refractivity contribution < 1.29 is 9.18 Å². The molecule has 0 spiro atoms. The number of benzene rings is 1. The van der Waals surface area contributed by atoms with Crippen LogP contribution in [0.5, 0.6) is 0 Å². The van der Waals surface area contributed by atoms with E-state index in [4.69, 9.17) is 0 Å². The van der Waals surface area contributed by atoms with Crippen molar-refractivity contribution in [3.05, 3.63) is 57.8 Å². The largest absolute Gasteiger partial charge is 0.347 e. The first-order valence-corrected chi connectivity index (χ1v) is 10.00. The highest BCUT2D eigenvalue weighted by Gasteiger charge is 2.52. The molecule has 2 fully saturated rings. The first-order chi connectivity index (χ1) is 13.9. The number of nitrogens with zero attached hydrogens (tertiary/aromatic N) is 3. The highest BCUT2D eigenvalue weighted by Crippen LogP contribution is 2.49. The SMILES string of the molecule is CC(NC(=O)C1(c2ccccc2F)CC1)c1cc(=O)[nH]c(N2CCN(C)CC2)n1. The maximum absolute atomic E-state index is 14.2. The third-order valence-electron chi connectivity index (χ3n) is 5.92. The summed E-state index contributed by atoms with van der Waals surface area (Å²) in [7, 11) is 2.06. The lowest BCUT2D eigenvalue weighted by Gasteiger charge is -2.33. The zero-order valence-corrected chi connectivity index (χ0v) is 16.7. The molecule has 0 radical (unpaired) electrons. The van der Waals surface area contributed by atoms with Crippen molar-refractivity contribution in [1.29, 1.82) is 0 Å². The van der Waals surface area contributed by atoms with E-state index in [1.807, 2.05) is 4.90 Å². The van der Waals surface area contributed by atoms with Gasteiger partial charge in [-0.2, -0.15) is 0 Å². The van der Waals surface area contributed by atoms with Gasteiger partial charge in [0, 0.05) is 37.8 Å². The first-order valence-electron chi connectivity index (χ1n) is 10.00. The van der Waals surface area contributed by atoms with E-state index in [-0.39, 0.29) is 17.3 Å². The standard InChI is InChI=1S/C21H26FN5O2/c1-14(23-19(29)21(7-8-21)15-5-3-4-6-16(15)22)17-13-18(28)25-20(24-17)27-11-9-26(2)10-12-27/h3-6,13-14H,7-12H2,1-2H3,(H,23,29)(H,24,25,28). The van der Waals surface area contributed by atoms with Gasteiger partial charge >= 0.3 is 0 Å². The highest BCUT2D eigenvalue weighted by molar-refractivity contribution is 5.91. The molecule has 8 heteroatoms. The molecule has 1 aromatic heterocycles. The van der Waals surface area contributed by atoms with Gasteiger partial charge in [0.05, 0.1) is 17.2 Å². The predicted octanol–water partition coefficient (Wildman–Crippen LogP) is 1.57. The summed E-state index contributed by atoms with van der Waals surface area (Å²) in [6.07, 6.45) is 1.23. The van der Waals surface area contributed by atoms with Crippen LogP contribution in [0.3, 0.4) is 0 Å². The molecule has 4 rings (SSSR count). The predicted molar refractivity (Wildman–Crippen MR) is 108 cm³/mol. The van der Waals surface area contributed by atoms with Crippen molar-refractivity contribution in [3.8, 4) is 0 Å². The number of carbonyl (C=O) groups is 1. The van der Waals surface area contributed by atoms with E-state index >= 15 is 0 Å². The van der Waals surface area contributed by atoms with Crippen LogP contribution in [0.15, 0.2) is 35.1 Å². The van der Waals surface area contributed by atoms with Gasteiger partial charge in [-0.25, -0.2) is 9.37 Å². The quantitative estimate of drug-likeness (QED) is 0.798. The highest BCUT2D eigenvalue weighted by atomic mass is 19.1. The van der Waals surface area contributed by atoms with E-state index in [1.54, 1.807) is 25.1 Å². The summed E-state index contributed by atoms with van der Waals surface area (Å²) in [4.78, 5) is 36.8. The lowest BCUT2D eigenvalue weighted by molar-refractivity contribution is -0.124. The summed E-state index contributed by atoms with van der Waals surface area (Å²) >= 11 is 0. The molecule has 2 aliphatic rings. The minimum atomic E-state index is -0.818. The number of hydrogen-bond donors (Lipinski definition) is 2. The molecule has 1 saturated heterocycles. The molecular formula is C21H26FN5O2. The number of H-pyrrole nitrogens is 1. The Morgan fingerprint density at radius 3 is 2.59 bits per heavy atom. The third-order valence-corrected chi connectivity index (χ3v) is 5.92. The zero-order chi connectivity index (χ0) is 20.6. The topological polar surface area (TPSA) is 81.3 Å². The summed E-state index contributed by atoms with van der Waals surface area (Å²) < 4.78 is 14.2. The van der Waals surface area contributed by atoms with Crippen LogP contribution in [-0.4, -0.2) is 54.0 Å². The van der Waals surface area contributed by atoms with Gasteiger partial charge < -0.3 is 15.1 Å². The van der Waals surface area contributed by atoms with E-state index in [0.717, 1.165) is 26.2 Å². The van der Waals surface area contributed by atoms with Crippen molar-refractivity contribution in [3.63, 3.8) is 0 Å². The molecule has 7 nitrogen and oxygen atoms in total. The molecule has 1 unspecified atom stereocenters. The summed E-state index contributed by atoms with van der Waals surface area (Å²) in [5.41, 5.74) is -0.136. The van der Waals surface area contributed by atoms with Gasteiger partial charge in [0.15, 0.2) is 0 Å². The molecule has 1 aliphatic heterocycles. The number of piperazine rings is 1. The number of rotatable bonds is 5. The molecule has 2 N–H and O–H groups in total. The summed E-state index contributed by atoms with van der Waals surface area (Å²) in [5.74, 6) is -0.0605. The summed E-state index contributed by atoms with van der Waals surface area (Å²) in [6, 6.07) is 7.37. The van der Waals surface area contributed by atoms with Gasteiger partial charge in [0.1, 0.15) is 5.82 Å². The first kappa shape index (κ1) is 19.6. The number of aromatic amines is 1. The monoisotopic (exact) mass is 399 g/mol. The number of carbonyl (C=O) groups excluding carboxylic acids is 1. The molecule has 1 aliphatic carbocycles. The smallest absolute Gasteiger partial charge is 0.252 e. The number of nitrogens with one attached hydrogen (secondary N) is 2. The Morgan fingerprint density at radius 2 is 1.93 bits per heavy atom. The normalized spacial score (nSPS) is 19.6. The van der Waals surface area contributed by atoms with E-state index in [0.29, 0.717) is 30.0 Å². The fourth-order valence-electron chi connectivity index (χ4n) is 3.85. The van der Waals surface area contributed by atoms with Crippen molar-refractivity contribution in [2.24, 2.45) is 0 Å². The lowest BCUT2D eigenvalue weighted by atomic mass is 9.94. The number of halogens is 1. The number of hydrogen-bond acceptors (Lipinski definition) is 5. The molecule has 2 aromatic rings. The number of amides is 1. The molecule has 0 bridgehead atoms. The van der Waals surface area contributed by atoms with Gasteiger partial charge in [-0.05, 0) is 32.9 Å². The van der Waals surface area contributed by atoms with Gasteiger partial charge in [0.2, 0.25) is 11.9 Å². The van der Waals surface area contributed by atoms with Crippen LogP contribution in [0, 0.1) is 5.82 Å². The molecule has 2 heterocycles. The van der Waals surface area contributed by atoms with Crippen molar-refractivity contribution in [2.45, 2.75) is 31.2 Å².